The summed E-state index contributed by atoms with van der Waals surface area (Å²) in [6.07, 6.45) is 3.19. The number of imide groups is 1. The lowest BCUT2D eigenvalue weighted by Crippen LogP contribution is -2.38. The number of benzene rings is 2. The molecule has 2 aromatic carbocycles. The van der Waals surface area contributed by atoms with Gasteiger partial charge in [0.15, 0.2) is 6.61 Å². The SMILES string of the molecule is O=C(COc1ccc([C@H]2c3sc(=O)[nH]c3SC3C(=O)N(c4ccc(Cl)cc4)C(=O)C32)cc1)N1CCCCC1. The van der Waals surface area contributed by atoms with Crippen LogP contribution in [0.15, 0.2) is 58.4 Å². The first-order chi connectivity index (χ1) is 18.4. The lowest BCUT2D eigenvalue weighted by atomic mass is 9.83. The van der Waals surface area contributed by atoms with Gasteiger partial charge in [-0.2, -0.15) is 0 Å². The quantitative estimate of drug-likeness (QED) is 0.461. The van der Waals surface area contributed by atoms with Crippen molar-refractivity contribution in [3.63, 3.8) is 0 Å². The number of piperidine rings is 1. The monoisotopic (exact) mass is 569 g/mol. The molecule has 4 heterocycles. The third-order valence-electron chi connectivity index (χ3n) is 7.22. The summed E-state index contributed by atoms with van der Waals surface area (Å²) in [4.78, 5) is 58.4. The Bertz CT molecular complexity index is 1450. The topological polar surface area (TPSA) is 99.8 Å². The Kier molecular flexibility index (Phi) is 6.79. The number of ether oxygens (including phenoxy) is 1. The van der Waals surface area contributed by atoms with Crippen LogP contribution < -0.4 is 14.5 Å². The molecule has 3 amide bonds. The third kappa shape index (κ3) is 4.54. The fourth-order valence-corrected chi connectivity index (χ4v) is 8.01. The van der Waals surface area contributed by atoms with E-state index >= 15 is 0 Å². The number of aromatic nitrogens is 1. The number of amides is 3. The number of likely N-dealkylation sites (tertiary alicyclic amines) is 1. The fraction of sp³-hybridized carbons (Fsp3) is 0.333. The first kappa shape index (κ1) is 25.2. The Hall–Kier alpha value is -3.08. The van der Waals surface area contributed by atoms with E-state index in [1.807, 2.05) is 17.0 Å². The Labute approximate surface area is 231 Å². The van der Waals surface area contributed by atoms with E-state index in [2.05, 4.69) is 4.98 Å². The molecule has 0 aliphatic carbocycles. The summed E-state index contributed by atoms with van der Waals surface area (Å²) in [5.74, 6) is -1.25. The van der Waals surface area contributed by atoms with E-state index in [1.54, 1.807) is 36.4 Å². The molecule has 38 heavy (non-hydrogen) atoms. The Morgan fingerprint density at radius 3 is 2.39 bits per heavy atom. The van der Waals surface area contributed by atoms with Gasteiger partial charge < -0.3 is 14.6 Å². The molecule has 196 valence electrons. The molecule has 1 aromatic heterocycles. The van der Waals surface area contributed by atoms with Crippen LogP contribution in [0.25, 0.3) is 0 Å². The zero-order chi connectivity index (χ0) is 26.4. The highest BCUT2D eigenvalue weighted by molar-refractivity contribution is 8.00. The van der Waals surface area contributed by atoms with Gasteiger partial charge >= 0.3 is 4.87 Å². The number of hydrogen-bond donors (Lipinski definition) is 1. The number of fused-ring (bicyclic) bond motifs is 2. The number of anilines is 1. The number of rotatable bonds is 5. The van der Waals surface area contributed by atoms with Crippen LogP contribution in [0.4, 0.5) is 5.69 Å². The van der Waals surface area contributed by atoms with Crippen LogP contribution in [0, 0.1) is 5.92 Å². The number of thioether (sulfide) groups is 1. The zero-order valence-corrected chi connectivity index (χ0v) is 22.6. The highest BCUT2D eigenvalue weighted by Gasteiger charge is 2.56. The second kappa shape index (κ2) is 10.2. The molecule has 11 heteroatoms. The molecule has 2 saturated heterocycles. The normalized spacial score (nSPS) is 22.8. The molecule has 8 nitrogen and oxygen atoms in total. The maximum absolute atomic E-state index is 13.7. The van der Waals surface area contributed by atoms with E-state index in [1.165, 1.54) is 16.7 Å². The van der Waals surface area contributed by atoms with Gasteiger partial charge in [-0.05, 0) is 61.2 Å². The summed E-state index contributed by atoms with van der Waals surface area (Å²) < 4.78 is 5.76. The van der Waals surface area contributed by atoms with E-state index in [0.717, 1.165) is 54.1 Å². The molecule has 0 radical (unpaired) electrons. The second-order valence-electron chi connectivity index (χ2n) is 9.54. The van der Waals surface area contributed by atoms with Gasteiger partial charge in [0.2, 0.25) is 11.8 Å². The first-order valence-electron chi connectivity index (χ1n) is 12.4. The molecular formula is C27H24ClN3O5S2. The molecular weight excluding hydrogens is 546 g/mol. The first-order valence-corrected chi connectivity index (χ1v) is 14.5. The number of halogens is 1. The average Bonchev–Trinajstić information content (AvgIpc) is 3.43. The van der Waals surface area contributed by atoms with Crippen molar-refractivity contribution in [2.75, 3.05) is 24.6 Å². The van der Waals surface area contributed by atoms with E-state index in [4.69, 9.17) is 16.3 Å². The van der Waals surface area contributed by atoms with Gasteiger partial charge in [0.25, 0.3) is 5.91 Å². The number of aromatic amines is 1. The average molecular weight is 570 g/mol. The summed E-state index contributed by atoms with van der Waals surface area (Å²) in [5, 5.41) is 0.467. The molecule has 0 bridgehead atoms. The molecule has 1 N–H and O–H groups in total. The Morgan fingerprint density at radius 1 is 0.974 bits per heavy atom. The molecule has 3 aromatic rings. The van der Waals surface area contributed by atoms with E-state index < -0.39 is 17.1 Å². The maximum atomic E-state index is 13.7. The van der Waals surface area contributed by atoms with Crippen molar-refractivity contribution in [1.82, 2.24) is 9.88 Å². The van der Waals surface area contributed by atoms with Crippen molar-refractivity contribution < 1.29 is 19.1 Å². The molecule has 3 aliphatic heterocycles. The highest BCUT2D eigenvalue weighted by Crippen LogP contribution is 2.53. The van der Waals surface area contributed by atoms with Crippen molar-refractivity contribution >= 4 is 58.1 Å². The van der Waals surface area contributed by atoms with E-state index in [-0.39, 0.29) is 29.2 Å². The summed E-state index contributed by atoms with van der Waals surface area (Å²) in [6, 6.07) is 13.8. The zero-order valence-electron chi connectivity index (χ0n) is 20.2. The predicted molar refractivity (Wildman–Crippen MR) is 146 cm³/mol. The number of H-pyrrole nitrogens is 1. The molecule has 0 spiro atoms. The van der Waals surface area contributed by atoms with Crippen molar-refractivity contribution in [3.8, 4) is 5.75 Å². The number of carbonyl (C=O) groups is 3. The van der Waals surface area contributed by atoms with Crippen LogP contribution in [0.1, 0.15) is 35.6 Å². The van der Waals surface area contributed by atoms with E-state index in [9.17, 15) is 19.2 Å². The predicted octanol–water partition coefficient (Wildman–Crippen LogP) is 4.28. The van der Waals surface area contributed by atoms with Gasteiger partial charge in [-0.15, -0.1) is 0 Å². The fourth-order valence-electron chi connectivity index (χ4n) is 5.37. The molecule has 2 fully saturated rings. The molecule has 0 saturated carbocycles. The standard InChI is InChI=1S/C27H24ClN3O5S2/c28-16-6-8-17(9-7-16)31-25(33)21-20(22-24(29-27(35)38-22)37-23(21)26(31)34)15-4-10-18(11-5-15)36-14-19(32)30-12-2-1-3-13-30/h4-11,20-21,23H,1-3,12-14H2,(H,29,35)/t20-,21?,23?/m1/s1. The second-order valence-corrected chi connectivity index (χ2v) is 12.1. The summed E-state index contributed by atoms with van der Waals surface area (Å²) in [6.45, 7) is 1.51. The lowest BCUT2D eigenvalue weighted by Gasteiger charge is -2.30. The van der Waals surface area contributed by atoms with Crippen LogP contribution in [-0.2, 0) is 14.4 Å². The van der Waals surface area contributed by atoms with E-state index in [0.29, 0.717) is 21.5 Å². The summed E-state index contributed by atoms with van der Waals surface area (Å²) >= 11 is 8.32. The molecule has 6 rings (SSSR count). The molecule has 3 aliphatic rings. The van der Waals surface area contributed by atoms with Crippen LogP contribution >= 0.6 is 34.7 Å². The van der Waals surface area contributed by atoms with Crippen molar-refractivity contribution in [3.05, 3.63) is 73.7 Å². The van der Waals surface area contributed by atoms with Crippen LogP contribution in [0.3, 0.4) is 0 Å². The summed E-state index contributed by atoms with van der Waals surface area (Å²) in [5.41, 5.74) is 1.27. The Morgan fingerprint density at radius 2 is 1.68 bits per heavy atom. The van der Waals surface area contributed by atoms with Crippen molar-refractivity contribution in [1.29, 1.82) is 0 Å². The third-order valence-corrected chi connectivity index (χ3v) is 9.87. The van der Waals surface area contributed by atoms with Crippen molar-refractivity contribution in [2.24, 2.45) is 5.92 Å². The van der Waals surface area contributed by atoms with Gasteiger partial charge in [0.1, 0.15) is 11.0 Å². The summed E-state index contributed by atoms with van der Waals surface area (Å²) in [7, 11) is 0. The number of carbonyl (C=O) groups excluding carboxylic acids is 3. The van der Waals surface area contributed by atoms with Gasteiger partial charge in [-0.1, -0.05) is 46.8 Å². The minimum Gasteiger partial charge on any atom is -0.484 e. The minimum atomic E-state index is -0.672. The molecule has 2 unspecified atom stereocenters. The number of nitrogens with one attached hydrogen (secondary N) is 1. The van der Waals surface area contributed by atoms with Crippen LogP contribution in [0.5, 0.6) is 5.75 Å². The van der Waals surface area contributed by atoms with Gasteiger partial charge in [-0.25, -0.2) is 4.90 Å². The number of thiazole rings is 1. The van der Waals surface area contributed by atoms with Crippen LogP contribution in [-0.4, -0.2) is 52.6 Å². The van der Waals surface area contributed by atoms with Gasteiger partial charge in [0.05, 0.1) is 16.6 Å². The number of hydrogen-bond acceptors (Lipinski definition) is 7. The van der Waals surface area contributed by atoms with Crippen molar-refractivity contribution in [2.45, 2.75) is 35.5 Å². The highest BCUT2D eigenvalue weighted by atomic mass is 35.5. The van der Waals surface area contributed by atoms with Crippen LogP contribution in [0.2, 0.25) is 5.02 Å². The Balaban J connectivity index is 1.27. The maximum Gasteiger partial charge on any atom is 0.305 e. The molecule has 3 atom stereocenters. The largest absolute Gasteiger partial charge is 0.484 e. The van der Waals surface area contributed by atoms with Gasteiger partial charge in [-0.3, -0.25) is 19.2 Å². The number of nitrogens with zero attached hydrogens (tertiary/aromatic N) is 2. The van der Waals surface area contributed by atoms with Gasteiger partial charge in [0, 0.05) is 28.9 Å². The smallest absolute Gasteiger partial charge is 0.305 e. The lowest BCUT2D eigenvalue weighted by molar-refractivity contribution is -0.134. The minimum absolute atomic E-state index is 0.0278.